The van der Waals surface area contributed by atoms with Crippen molar-refractivity contribution >= 4 is 32.8 Å². The molecule has 0 fully saturated rings. The third kappa shape index (κ3) is 2.37. The molecule has 0 bridgehead atoms. The highest BCUT2D eigenvalue weighted by molar-refractivity contribution is 9.10. The molecule has 1 aromatic carbocycles. The Labute approximate surface area is 116 Å². The molecule has 3 aromatic rings. The maximum Gasteiger partial charge on any atom is 0.287 e. The van der Waals surface area contributed by atoms with Gasteiger partial charge in [0, 0.05) is 5.39 Å². The van der Waals surface area contributed by atoms with Gasteiger partial charge >= 0.3 is 0 Å². The smallest absolute Gasteiger partial charge is 0.287 e. The van der Waals surface area contributed by atoms with Crippen molar-refractivity contribution in [2.45, 2.75) is 6.54 Å². The van der Waals surface area contributed by atoms with Crippen LogP contribution in [0, 0.1) is 0 Å². The van der Waals surface area contributed by atoms with Crippen LogP contribution in [0.5, 0.6) is 0 Å². The van der Waals surface area contributed by atoms with Crippen LogP contribution in [-0.2, 0) is 6.54 Å². The maximum atomic E-state index is 11.9. The number of hydrogen-bond donors (Lipinski definition) is 2. The van der Waals surface area contributed by atoms with Gasteiger partial charge in [0.1, 0.15) is 17.7 Å². The van der Waals surface area contributed by atoms with Gasteiger partial charge < -0.3 is 9.73 Å². The molecule has 2 aromatic heterocycles. The van der Waals surface area contributed by atoms with Gasteiger partial charge in [0.05, 0.1) is 11.0 Å². The van der Waals surface area contributed by atoms with Crippen molar-refractivity contribution in [1.82, 2.24) is 20.5 Å². The number of hydrogen-bond acceptors (Lipinski definition) is 4. The molecule has 0 unspecified atom stereocenters. The molecular formula is C12H9BrN4O2. The van der Waals surface area contributed by atoms with Crippen molar-refractivity contribution in [3.63, 3.8) is 0 Å². The summed E-state index contributed by atoms with van der Waals surface area (Å²) in [6, 6.07) is 7.34. The van der Waals surface area contributed by atoms with Gasteiger partial charge in [0.15, 0.2) is 5.76 Å². The second-order valence-electron chi connectivity index (χ2n) is 3.88. The molecule has 6 nitrogen and oxygen atoms in total. The number of carbonyl (C=O) groups excluding carboxylic acids is 1. The van der Waals surface area contributed by atoms with Gasteiger partial charge in [-0.3, -0.25) is 9.89 Å². The second kappa shape index (κ2) is 4.85. The molecular weight excluding hydrogens is 312 g/mol. The van der Waals surface area contributed by atoms with Crippen LogP contribution in [0.3, 0.4) is 0 Å². The quantitative estimate of drug-likeness (QED) is 0.775. The maximum absolute atomic E-state index is 11.9. The Balaban J connectivity index is 1.80. The summed E-state index contributed by atoms with van der Waals surface area (Å²) >= 11 is 3.38. The van der Waals surface area contributed by atoms with Crippen LogP contribution >= 0.6 is 15.9 Å². The van der Waals surface area contributed by atoms with Gasteiger partial charge in [-0.2, -0.15) is 5.10 Å². The van der Waals surface area contributed by atoms with Crippen molar-refractivity contribution in [2.75, 3.05) is 0 Å². The predicted molar refractivity (Wildman–Crippen MR) is 71.5 cm³/mol. The molecule has 0 aliphatic heterocycles. The van der Waals surface area contributed by atoms with Gasteiger partial charge in [-0.15, -0.1) is 0 Å². The zero-order valence-corrected chi connectivity index (χ0v) is 11.3. The van der Waals surface area contributed by atoms with Crippen LogP contribution < -0.4 is 5.32 Å². The summed E-state index contributed by atoms with van der Waals surface area (Å²) in [5.41, 5.74) is 0.660. The average Bonchev–Trinajstić information content (AvgIpc) is 3.05. The van der Waals surface area contributed by atoms with Crippen molar-refractivity contribution in [3.05, 3.63) is 46.7 Å². The number of carbonyl (C=O) groups is 1. The van der Waals surface area contributed by atoms with Crippen molar-refractivity contribution in [3.8, 4) is 0 Å². The third-order valence-electron chi connectivity index (χ3n) is 2.60. The topological polar surface area (TPSA) is 83.8 Å². The highest BCUT2D eigenvalue weighted by Gasteiger charge is 2.13. The normalized spacial score (nSPS) is 10.8. The first-order chi connectivity index (χ1) is 9.24. The van der Waals surface area contributed by atoms with Gasteiger partial charge in [-0.05, 0) is 28.1 Å². The number of aromatic amines is 1. The number of halogens is 1. The summed E-state index contributed by atoms with van der Waals surface area (Å²) in [6.07, 6.45) is 1.39. The Morgan fingerprint density at radius 1 is 1.47 bits per heavy atom. The summed E-state index contributed by atoms with van der Waals surface area (Å²) in [6.45, 7) is 0.275. The third-order valence-corrected chi connectivity index (χ3v) is 3.23. The summed E-state index contributed by atoms with van der Waals surface area (Å²) in [5.74, 6) is 0.562. The van der Waals surface area contributed by atoms with Crippen LogP contribution in [0.2, 0.25) is 0 Å². The highest BCUT2D eigenvalue weighted by atomic mass is 79.9. The van der Waals surface area contributed by atoms with E-state index in [0.29, 0.717) is 11.4 Å². The average molecular weight is 321 g/mol. The predicted octanol–water partition coefficient (Wildman–Crippen LogP) is 2.24. The molecule has 0 radical (unpaired) electrons. The minimum absolute atomic E-state index is 0.265. The first-order valence-corrected chi connectivity index (χ1v) is 6.34. The first-order valence-electron chi connectivity index (χ1n) is 5.54. The molecule has 0 aliphatic carbocycles. The van der Waals surface area contributed by atoms with Gasteiger partial charge in [0.25, 0.3) is 5.91 Å². The lowest BCUT2D eigenvalue weighted by Gasteiger charge is -1.99. The lowest BCUT2D eigenvalue weighted by atomic mass is 10.2. The number of amides is 1. The van der Waals surface area contributed by atoms with E-state index < -0.39 is 0 Å². The van der Waals surface area contributed by atoms with Gasteiger partial charge in [-0.25, -0.2) is 4.98 Å². The van der Waals surface area contributed by atoms with E-state index in [1.165, 1.54) is 6.33 Å². The molecule has 96 valence electrons. The lowest BCUT2D eigenvalue weighted by Crippen LogP contribution is -2.22. The van der Waals surface area contributed by atoms with E-state index in [2.05, 4.69) is 36.4 Å². The van der Waals surface area contributed by atoms with E-state index in [9.17, 15) is 4.79 Å². The summed E-state index contributed by atoms with van der Waals surface area (Å²) in [4.78, 5) is 15.9. The highest BCUT2D eigenvalue weighted by Crippen LogP contribution is 2.26. The van der Waals surface area contributed by atoms with E-state index in [1.807, 2.05) is 18.2 Å². The number of fused-ring (bicyclic) bond motifs is 1. The van der Waals surface area contributed by atoms with Crippen LogP contribution in [0.4, 0.5) is 0 Å². The molecule has 0 spiro atoms. The van der Waals surface area contributed by atoms with E-state index in [-0.39, 0.29) is 18.2 Å². The minimum Gasteiger partial charge on any atom is -0.450 e. The molecule has 1 amide bonds. The number of para-hydroxylation sites is 1. The summed E-state index contributed by atoms with van der Waals surface area (Å²) < 4.78 is 6.34. The summed E-state index contributed by atoms with van der Waals surface area (Å²) in [7, 11) is 0. The number of nitrogens with one attached hydrogen (secondary N) is 2. The molecule has 0 saturated carbocycles. The molecule has 2 N–H and O–H groups in total. The molecule has 7 heteroatoms. The molecule has 19 heavy (non-hydrogen) atoms. The standard InChI is InChI=1S/C12H9BrN4O2/c13-8-3-1-2-7-4-9(19-11(7)8)12(18)14-5-10-15-6-16-17-10/h1-4,6H,5H2,(H,14,18)(H,15,16,17). The van der Waals surface area contributed by atoms with Crippen LogP contribution in [0.1, 0.15) is 16.4 Å². The SMILES string of the molecule is O=C(NCc1ncn[nH]1)c1cc2cccc(Br)c2o1. The fraction of sp³-hybridized carbons (Fsp3) is 0.0833. The Hall–Kier alpha value is -2.15. The minimum atomic E-state index is -0.292. The number of nitrogens with zero attached hydrogens (tertiary/aromatic N) is 2. The van der Waals surface area contributed by atoms with E-state index >= 15 is 0 Å². The Bertz CT molecular complexity index is 720. The van der Waals surface area contributed by atoms with Crippen LogP contribution in [0.25, 0.3) is 11.0 Å². The van der Waals surface area contributed by atoms with E-state index in [0.717, 1.165) is 9.86 Å². The Morgan fingerprint density at radius 3 is 3.11 bits per heavy atom. The Morgan fingerprint density at radius 2 is 2.37 bits per heavy atom. The number of rotatable bonds is 3. The van der Waals surface area contributed by atoms with Crippen LogP contribution in [-0.4, -0.2) is 21.1 Å². The number of H-pyrrole nitrogens is 1. The molecule has 0 saturated heterocycles. The van der Waals surface area contributed by atoms with Crippen LogP contribution in [0.15, 0.2) is 39.5 Å². The van der Waals surface area contributed by atoms with E-state index in [4.69, 9.17) is 4.42 Å². The summed E-state index contributed by atoms with van der Waals surface area (Å²) in [5, 5.41) is 9.94. The van der Waals surface area contributed by atoms with Gasteiger partial charge in [-0.1, -0.05) is 12.1 Å². The number of aromatic nitrogens is 3. The fourth-order valence-corrected chi connectivity index (χ4v) is 2.17. The number of benzene rings is 1. The largest absolute Gasteiger partial charge is 0.450 e. The zero-order valence-electron chi connectivity index (χ0n) is 9.68. The van der Waals surface area contributed by atoms with Gasteiger partial charge in [0.2, 0.25) is 0 Å². The first kappa shape index (κ1) is 11.9. The van der Waals surface area contributed by atoms with E-state index in [1.54, 1.807) is 6.07 Å². The van der Waals surface area contributed by atoms with Crippen molar-refractivity contribution < 1.29 is 9.21 Å². The molecule has 0 aliphatic rings. The fourth-order valence-electron chi connectivity index (χ4n) is 1.71. The Kier molecular flexibility index (Phi) is 3.04. The molecule has 0 atom stereocenters. The molecule has 3 rings (SSSR count). The zero-order chi connectivity index (χ0) is 13.2. The monoisotopic (exact) mass is 320 g/mol. The second-order valence-corrected chi connectivity index (χ2v) is 4.74. The lowest BCUT2D eigenvalue weighted by molar-refractivity contribution is 0.0924. The van der Waals surface area contributed by atoms with Crippen molar-refractivity contribution in [1.29, 1.82) is 0 Å². The number of furan rings is 1. The van der Waals surface area contributed by atoms with Crippen molar-refractivity contribution in [2.24, 2.45) is 0 Å². The molecule has 2 heterocycles.